The molecule has 1 N–H and O–H groups in total. The highest BCUT2D eigenvalue weighted by Gasteiger charge is 2.18. The molecule has 0 saturated carbocycles. The number of aryl methyl sites for hydroxylation is 1. The molecular weight excluding hydrogens is 316 g/mol. The third-order valence-electron chi connectivity index (χ3n) is 4.40. The summed E-state index contributed by atoms with van der Waals surface area (Å²) in [4.78, 5) is 14.9. The lowest BCUT2D eigenvalue weighted by atomic mass is 10.2. The van der Waals surface area contributed by atoms with Gasteiger partial charge < -0.3 is 19.4 Å². The third kappa shape index (κ3) is 3.23. The highest BCUT2D eigenvalue weighted by molar-refractivity contribution is 6.06. The minimum atomic E-state index is -0.241. The van der Waals surface area contributed by atoms with E-state index in [1.165, 1.54) is 0 Å². The molecule has 0 bridgehead atoms. The van der Waals surface area contributed by atoms with Crippen LogP contribution in [0.5, 0.6) is 0 Å². The van der Waals surface area contributed by atoms with Gasteiger partial charge in [0.25, 0.3) is 5.91 Å². The van der Waals surface area contributed by atoms with Gasteiger partial charge in [0.2, 0.25) is 0 Å². The fraction of sp³-hybridized carbons (Fsp3) is 0.250. The van der Waals surface area contributed by atoms with Crippen molar-refractivity contribution < 1.29 is 13.9 Å². The number of carbonyl (C=O) groups excluding carboxylic acids is 1. The van der Waals surface area contributed by atoms with Crippen molar-refractivity contribution in [2.75, 3.05) is 36.5 Å². The van der Waals surface area contributed by atoms with Crippen molar-refractivity contribution in [1.29, 1.82) is 0 Å². The minimum Gasteiger partial charge on any atom is -0.451 e. The number of hydrogen-bond acceptors (Lipinski definition) is 4. The fourth-order valence-electron chi connectivity index (χ4n) is 3.09. The summed E-state index contributed by atoms with van der Waals surface area (Å²) in [5.41, 5.74) is 3.62. The van der Waals surface area contributed by atoms with Gasteiger partial charge in [-0.3, -0.25) is 4.79 Å². The molecule has 25 heavy (non-hydrogen) atoms. The quantitative estimate of drug-likeness (QED) is 0.790. The van der Waals surface area contributed by atoms with Gasteiger partial charge in [-0.15, -0.1) is 0 Å². The zero-order chi connectivity index (χ0) is 17.2. The predicted molar refractivity (Wildman–Crippen MR) is 98.4 cm³/mol. The summed E-state index contributed by atoms with van der Waals surface area (Å²) in [6.07, 6.45) is 0. The minimum absolute atomic E-state index is 0.241. The number of furan rings is 1. The van der Waals surface area contributed by atoms with Crippen LogP contribution in [-0.4, -0.2) is 32.2 Å². The maximum Gasteiger partial charge on any atom is 0.291 e. The number of rotatable bonds is 3. The Bertz CT molecular complexity index is 910. The number of carbonyl (C=O) groups is 1. The number of nitrogens with zero attached hydrogens (tertiary/aromatic N) is 1. The second-order valence-electron chi connectivity index (χ2n) is 6.22. The number of anilines is 2. The topological polar surface area (TPSA) is 54.7 Å². The molecule has 128 valence electrons. The summed E-state index contributed by atoms with van der Waals surface area (Å²) in [6, 6.07) is 15.5. The van der Waals surface area contributed by atoms with Gasteiger partial charge in [0.15, 0.2) is 5.76 Å². The van der Waals surface area contributed by atoms with Crippen LogP contribution < -0.4 is 10.2 Å². The van der Waals surface area contributed by atoms with Crippen LogP contribution in [0.1, 0.15) is 16.1 Å². The average Bonchev–Trinajstić information content (AvgIpc) is 3.06. The Morgan fingerprint density at radius 3 is 2.72 bits per heavy atom. The van der Waals surface area contributed by atoms with E-state index in [0.717, 1.165) is 41.0 Å². The molecule has 0 aliphatic carbocycles. The summed E-state index contributed by atoms with van der Waals surface area (Å²) in [6.45, 7) is 5.03. The maximum atomic E-state index is 12.7. The SMILES string of the molecule is Cc1ccc2cc(C(=O)Nc3ccccc3N3CCOCC3)oc2c1. The fourth-order valence-corrected chi connectivity index (χ4v) is 3.09. The summed E-state index contributed by atoms with van der Waals surface area (Å²) in [5.74, 6) is 0.0759. The van der Waals surface area contributed by atoms with Crippen LogP contribution in [0.3, 0.4) is 0 Å². The number of nitrogens with one attached hydrogen (secondary N) is 1. The van der Waals surface area contributed by atoms with Crippen LogP contribution in [0.2, 0.25) is 0 Å². The molecular formula is C20H20N2O3. The first-order valence-corrected chi connectivity index (χ1v) is 8.44. The monoisotopic (exact) mass is 336 g/mol. The highest BCUT2D eigenvalue weighted by Crippen LogP contribution is 2.28. The normalized spacial score (nSPS) is 14.7. The van der Waals surface area contributed by atoms with E-state index in [9.17, 15) is 4.79 Å². The number of morpholine rings is 1. The first kappa shape index (κ1) is 15.7. The molecule has 4 rings (SSSR count). The lowest BCUT2D eigenvalue weighted by molar-refractivity contribution is 0.0998. The van der Waals surface area contributed by atoms with Crippen LogP contribution in [-0.2, 0) is 4.74 Å². The molecule has 0 radical (unpaired) electrons. The molecule has 5 nitrogen and oxygen atoms in total. The molecule has 2 aromatic carbocycles. The lowest BCUT2D eigenvalue weighted by Crippen LogP contribution is -2.36. The summed E-state index contributed by atoms with van der Waals surface area (Å²) < 4.78 is 11.1. The molecule has 0 unspecified atom stereocenters. The predicted octanol–water partition coefficient (Wildman–Crippen LogP) is 3.83. The lowest BCUT2D eigenvalue weighted by Gasteiger charge is -2.30. The van der Waals surface area contributed by atoms with Gasteiger partial charge in [0.05, 0.1) is 24.6 Å². The van der Waals surface area contributed by atoms with Crippen LogP contribution in [0, 0.1) is 6.92 Å². The van der Waals surface area contributed by atoms with Crippen molar-refractivity contribution >= 4 is 28.3 Å². The van der Waals surface area contributed by atoms with Crippen molar-refractivity contribution in [1.82, 2.24) is 0 Å². The highest BCUT2D eigenvalue weighted by atomic mass is 16.5. The Hall–Kier alpha value is -2.79. The average molecular weight is 336 g/mol. The second kappa shape index (κ2) is 6.61. The first-order chi connectivity index (χ1) is 12.2. The molecule has 1 aliphatic rings. The van der Waals surface area contributed by atoms with Gasteiger partial charge in [-0.05, 0) is 36.8 Å². The standard InChI is InChI=1S/C20H20N2O3/c1-14-6-7-15-13-19(25-18(15)12-14)20(23)21-16-4-2-3-5-17(16)22-8-10-24-11-9-22/h2-7,12-13H,8-11H2,1H3,(H,21,23). The third-order valence-corrected chi connectivity index (χ3v) is 4.40. The zero-order valence-electron chi connectivity index (χ0n) is 14.1. The molecule has 1 aromatic heterocycles. The second-order valence-corrected chi connectivity index (χ2v) is 6.22. The van der Waals surface area contributed by atoms with Crippen molar-refractivity contribution in [3.8, 4) is 0 Å². The van der Waals surface area contributed by atoms with Crippen molar-refractivity contribution in [2.45, 2.75) is 6.92 Å². The Balaban J connectivity index is 1.59. The number of para-hydroxylation sites is 2. The number of ether oxygens (including phenoxy) is 1. The molecule has 2 heterocycles. The van der Waals surface area contributed by atoms with Crippen molar-refractivity contribution in [3.63, 3.8) is 0 Å². The zero-order valence-corrected chi connectivity index (χ0v) is 14.1. The van der Waals surface area contributed by atoms with Crippen LogP contribution in [0.4, 0.5) is 11.4 Å². The van der Waals surface area contributed by atoms with Gasteiger partial charge in [-0.25, -0.2) is 0 Å². The van der Waals surface area contributed by atoms with E-state index in [4.69, 9.17) is 9.15 Å². The number of amides is 1. The van der Waals surface area contributed by atoms with E-state index in [1.54, 1.807) is 6.07 Å². The van der Waals surface area contributed by atoms with E-state index in [2.05, 4.69) is 10.2 Å². The van der Waals surface area contributed by atoms with E-state index < -0.39 is 0 Å². The molecule has 3 aromatic rings. The number of fused-ring (bicyclic) bond motifs is 1. The van der Waals surface area contributed by atoms with Crippen LogP contribution >= 0.6 is 0 Å². The Kier molecular flexibility index (Phi) is 4.15. The summed E-state index contributed by atoms with van der Waals surface area (Å²) in [5, 5.41) is 3.91. The smallest absolute Gasteiger partial charge is 0.291 e. The summed E-state index contributed by atoms with van der Waals surface area (Å²) >= 11 is 0. The van der Waals surface area contributed by atoms with Crippen molar-refractivity contribution in [3.05, 3.63) is 59.9 Å². The van der Waals surface area contributed by atoms with Gasteiger partial charge >= 0.3 is 0 Å². The molecule has 0 atom stereocenters. The summed E-state index contributed by atoms with van der Waals surface area (Å²) in [7, 11) is 0. The largest absolute Gasteiger partial charge is 0.451 e. The Morgan fingerprint density at radius 1 is 1.08 bits per heavy atom. The first-order valence-electron chi connectivity index (χ1n) is 8.44. The van der Waals surface area contributed by atoms with Crippen LogP contribution in [0.15, 0.2) is 52.9 Å². The Labute approximate surface area is 146 Å². The van der Waals surface area contributed by atoms with Crippen molar-refractivity contribution in [2.24, 2.45) is 0 Å². The maximum absolute atomic E-state index is 12.7. The van der Waals surface area contributed by atoms with Gasteiger partial charge in [-0.2, -0.15) is 0 Å². The molecule has 1 saturated heterocycles. The molecule has 0 spiro atoms. The number of benzene rings is 2. The van der Waals surface area contributed by atoms with Gasteiger partial charge in [-0.1, -0.05) is 24.3 Å². The number of hydrogen-bond donors (Lipinski definition) is 1. The molecule has 5 heteroatoms. The van der Waals surface area contributed by atoms with E-state index in [1.807, 2.05) is 49.4 Å². The molecule has 1 fully saturated rings. The Morgan fingerprint density at radius 2 is 1.88 bits per heavy atom. The molecule has 1 amide bonds. The van der Waals surface area contributed by atoms with E-state index >= 15 is 0 Å². The van der Waals surface area contributed by atoms with Gasteiger partial charge in [0, 0.05) is 18.5 Å². The molecule has 1 aliphatic heterocycles. The van der Waals surface area contributed by atoms with Crippen LogP contribution in [0.25, 0.3) is 11.0 Å². The van der Waals surface area contributed by atoms with Gasteiger partial charge in [0.1, 0.15) is 5.58 Å². The van der Waals surface area contributed by atoms with E-state index in [0.29, 0.717) is 19.0 Å². The van der Waals surface area contributed by atoms with E-state index in [-0.39, 0.29) is 5.91 Å².